The highest BCUT2D eigenvalue weighted by Crippen LogP contribution is 2.30. The first-order valence-corrected chi connectivity index (χ1v) is 7.68. The molecular weight excluding hydrogens is 303 g/mol. The molecule has 0 radical (unpaired) electrons. The molecular formula is C12H17FN2O5S. The van der Waals surface area contributed by atoms with Crippen molar-refractivity contribution in [2.24, 2.45) is 0 Å². The second-order valence-corrected chi connectivity index (χ2v) is 6.47. The lowest BCUT2D eigenvalue weighted by molar-refractivity contribution is -0.388. The Morgan fingerprint density at radius 3 is 2.52 bits per heavy atom. The zero-order valence-corrected chi connectivity index (χ0v) is 12.7. The van der Waals surface area contributed by atoms with Gasteiger partial charge in [0.2, 0.25) is 15.8 Å². The average Bonchev–Trinajstić information content (AvgIpc) is 2.25. The highest BCUT2D eigenvalue weighted by Gasteiger charge is 2.29. The van der Waals surface area contributed by atoms with Crippen molar-refractivity contribution in [3.05, 3.63) is 33.1 Å². The summed E-state index contributed by atoms with van der Waals surface area (Å²) in [5.74, 6) is -1.07. The van der Waals surface area contributed by atoms with Crippen LogP contribution in [0.3, 0.4) is 0 Å². The second kappa shape index (κ2) is 6.46. The molecule has 0 amide bonds. The maximum Gasteiger partial charge on any atom is 0.309 e. The molecule has 0 aromatic heterocycles. The molecule has 9 heteroatoms. The van der Waals surface area contributed by atoms with Gasteiger partial charge in [0.15, 0.2) is 0 Å². The lowest BCUT2D eigenvalue weighted by atomic mass is 10.1. The van der Waals surface area contributed by atoms with Crippen LogP contribution in [0.15, 0.2) is 11.0 Å². The van der Waals surface area contributed by atoms with Crippen LogP contribution < -0.4 is 4.72 Å². The molecule has 0 saturated carbocycles. The Kier molecular flexibility index (Phi) is 5.37. The molecule has 1 unspecified atom stereocenters. The van der Waals surface area contributed by atoms with Crippen LogP contribution in [0.2, 0.25) is 0 Å². The van der Waals surface area contributed by atoms with Gasteiger partial charge in [-0.3, -0.25) is 10.1 Å². The molecule has 0 spiro atoms. The SMILES string of the molecule is Cc1cc(F)c([N+](=O)[O-])c(C)c1S(=O)(=O)NCCC(C)O. The number of nitro benzene ring substituents is 1. The van der Waals surface area contributed by atoms with Gasteiger partial charge in [0, 0.05) is 6.54 Å². The Hall–Kier alpha value is -1.58. The summed E-state index contributed by atoms with van der Waals surface area (Å²) in [6.45, 7) is 4.04. The molecule has 1 atom stereocenters. The number of benzene rings is 1. The largest absolute Gasteiger partial charge is 0.393 e. The Morgan fingerprint density at radius 1 is 1.48 bits per heavy atom. The lowest BCUT2D eigenvalue weighted by Gasteiger charge is -2.13. The van der Waals surface area contributed by atoms with E-state index in [1.165, 1.54) is 20.8 Å². The van der Waals surface area contributed by atoms with Gasteiger partial charge in [-0.2, -0.15) is 4.39 Å². The minimum absolute atomic E-state index is 0.0238. The van der Waals surface area contributed by atoms with E-state index in [0.717, 1.165) is 6.07 Å². The summed E-state index contributed by atoms with van der Waals surface area (Å²) in [6, 6.07) is 0.828. The molecule has 0 aliphatic rings. The van der Waals surface area contributed by atoms with Crippen molar-refractivity contribution in [3.8, 4) is 0 Å². The van der Waals surface area contributed by atoms with E-state index >= 15 is 0 Å². The third-order valence-corrected chi connectivity index (χ3v) is 4.68. The molecule has 0 bridgehead atoms. The molecule has 1 aromatic rings. The van der Waals surface area contributed by atoms with Gasteiger partial charge in [-0.05, 0) is 38.8 Å². The quantitative estimate of drug-likeness (QED) is 0.608. The van der Waals surface area contributed by atoms with Gasteiger partial charge < -0.3 is 5.11 Å². The normalized spacial score (nSPS) is 13.2. The summed E-state index contributed by atoms with van der Waals surface area (Å²) in [4.78, 5) is 9.60. The zero-order valence-electron chi connectivity index (χ0n) is 11.9. The fraction of sp³-hybridized carbons (Fsp3) is 0.500. The Balaban J connectivity index is 3.29. The van der Waals surface area contributed by atoms with Crippen LogP contribution in [-0.2, 0) is 10.0 Å². The molecule has 118 valence electrons. The number of hydrogen-bond donors (Lipinski definition) is 2. The van der Waals surface area contributed by atoms with Gasteiger partial charge in [0.05, 0.1) is 21.5 Å². The van der Waals surface area contributed by atoms with Crippen molar-refractivity contribution in [2.75, 3.05) is 6.54 Å². The molecule has 1 rings (SSSR count). The zero-order chi connectivity index (χ0) is 16.4. The van der Waals surface area contributed by atoms with Gasteiger partial charge in [-0.15, -0.1) is 0 Å². The summed E-state index contributed by atoms with van der Waals surface area (Å²) in [7, 11) is -4.02. The number of hydrogen-bond acceptors (Lipinski definition) is 5. The van der Waals surface area contributed by atoms with Crippen molar-refractivity contribution in [1.82, 2.24) is 4.72 Å². The van der Waals surface area contributed by atoms with Crippen LogP contribution in [0, 0.1) is 29.8 Å². The first-order chi connectivity index (χ1) is 9.58. The number of rotatable bonds is 6. The van der Waals surface area contributed by atoms with Gasteiger partial charge in [0.1, 0.15) is 0 Å². The first-order valence-electron chi connectivity index (χ1n) is 6.19. The van der Waals surface area contributed by atoms with E-state index in [-0.39, 0.29) is 29.0 Å². The van der Waals surface area contributed by atoms with Crippen molar-refractivity contribution in [3.63, 3.8) is 0 Å². The Bertz CT molecular complexity index is 658. The monoisotopic (exact) mass is 320 g/mol. The summed E-state index contributed by atoms with van der Waals surface area (Å²) in [5.41, 5.74) is -1.02. The number of aliphatic hydroxyl groups is 1. The van der Waals surface area contributed by atoms with Crippen LogP contribution in [0.5, 0.6) is 0 Å². The van der Waals surface area contributed by atoms with Gasteiger partial charge in [-0.1, -0.05) is 0 Å². The summed E-state index contributed by atoms with van der Waals surface area (Å²) < 4.78 is 40.2. The number of aliphatic hydroxyl groups excluding tert-OH is 1. The average molecular weight is 320 g/mol. The number of nitro groups is 1. The minimum Gasteiger partial charge on any atom is -0.393 e. The smallest absolute Gasteiger partial charge is 0.309 e. The molecule has 0 aliphatic heterocycles. The number of halogens is 1. The van der Waals surface area contributed by atoms with E-state index in [1.807, 2.05) is 0 Å². The number of nitrogens with one attached hydrogen (secondary N) is 1. The van der Waals surface area contributed by atoms with Crippen molar-refractivity contribution < 1.29 is 22.8 Å². The highest BCUT2D eigenvalue weighted by molar-refractivity contribution is 7.89. The van der Waals surface area contributed by atoms with E-state index < -0.39 is 32.6 Å². The van der Waals surface area contributed by atoms with Gasteiger partial charge >= 0.3 is 5.69 Å². The van der Waals surface area contributed by atoms with Crippen LogP contribution in [-0.4, -0.2) is 31.1 Å². The molecule has 1 aromatic carbocycles. The molecule has 0 heterocycles. The van der Waals surface area contributed by atoms with E-state index in [4.69, 9.17) is 5.11 Å². The Morgan fingerprint density at radius 2 is 2.05 bits per heavy atom. The summed E-state index contributed by atoms with van der Waals surface area (Å²) >= 11 is 0. The second-order valence-electron chi connectivity index (χ2n) is 4.77. The predicted molar refractivity (Wildman–Crippen MR) is 74.0 cm³/mol. The van der Waals surface area contributed by atoms with Gasteiger partial charge in [-0.25, -0.2) is 13.1 Å². The molecule has 7 nitrogen and oxygen atoms in total. The molecule has 0 saturated heterocycles. The van der Waals surface area contributed by atoms with Crippen LogP contribution in [0.1, 0.15) is 24.5 Å². The van der Waals surface area contributed by atoms with Crippen molar-refractivity contribution in [2.45, 2.75) is 38.2 Å². The van der Waals surface area contributed by atoms with Gasteiger partial charge in [0.25, 0.3) is 0 Å². The van der Waals surface area contributed by atoms with Crippen LogP contribution in [0.25, 0.3) is 0 Å². The fourth-order valence-electron chi connectivity index (χ4n) is 2.02. The van der Waals surface area contributed by atoms with E-state index in [9.17, 15) is 22.9 Å². The molecule has 21 heavy (non-hydrogen) atoms. The van der Waals surface area contributed by atoms with E-state index in [1.54, 1.807) is 0 Å². The van der Waals surface area contributed by atoms with Crippen molar-refractivity contribution >= 4 is 15.7 Å². The lowest BCUT2D eigenvalue weighted by Crippen LogP contribution is -2.28. The maximum absolute atomic E-state index is 13.6. The first kappa shape index (κ1) is 17.5. The minimum atomic E-state index is -4.02. The summed E-state index contributed by atoms with van der Waals surface area (Å²) in [6.07, 6.45) is -0.488. The number of nitrogens with zero attached hydrogens (tertiary/aromatic N) is 1. The topological polar surface area (TPSA) is 110 Å². The molecule has 2 N–H and O–H groups in total. The third kappa shape index (κ3) is 3.96. The Labute approximate surface area is 122 Å². The maximum atomic E-state index is 13.6. The van der Waals surface area contributed by atoms with E-state index in [0.29, 0.717) is 0 Å². The van der Waals surface area contributed by atoms with Crippen molar-refractivity contribution in [1.29, 1.82) is 0 Å². The number of sulfonamides is 1. The summed E-state index contributed by atoms with van der Waals surface area (Å²) in [5, 5.41) is 20.0. The standard InChI is InChI=1S/C12H17FN2O5S/c1-7-6-10(13)11(15(17)18)9(3)12(7)21(19,20)14-5-4-8(2)16/h6,8,14,16H,4-5H2,1-3H3. The van der Waals surface area contributed by atoms with E-state index in [2.05, 4.69) is 4.72 Å². The van der Waals surface area contributed by atoms with Crippen LogP contribution in [0.4, 0.5) is 10.1 Å². The molecule has 0 fully saturated rings. The fourth-order valence-corrected chi connectivity index (χ4v) is 3.53. The predicted octanol–water partition coefficient (Wildman–Crippen LogP) is 1.40. The third-order valence-electron chi connectivity index (χ3n) is 2.93. The highest BCUT2D eigenvalue weighted by atomic mass is 32.2. The van der Waals surface area contributed by atoms with Crippen LogP contribution >= 0.6 is 0 Å². The molecule has 0 aliphatic carbocycles. The number of aryl methyl sites for hydroxylation is 1.